The molecule has 0 saturated carbocycles. The highest BCUT2D eigenvalue weighted by atomic mass is 79.9. The molecule has 24 heavy (non-hydrogen) atoms. The van der Waals surface area contributed by atoms with Gasteiger partial charge in [-0.3, -0.25) is 14.9 Å². The summed E-state index contributed by atoms with van der Waals surface area (Å²) in [5.41, 5.74) is 0.224. The van der Waals surface area contributed by atoms with E-state index in [4.69, 9.17) is 21.1 Å². The fraction of sp³-hybridized carbons (Fsp3) is 0.133. The molecule has 7 nitrogen and oxygen atoms in total. The summed E-state index contributed by atoms with van der Waals surface area (Å²) in [5.74, 6) is 0.360. The topological polar surface area (TPSA) is 90.7 Å². The van der Waals surface area contributed by atoms with Gasteiger partial charge in [0.2, 0.25) is 0 Å². The first kappa shape index (κ1) is 18.0. The van der Waals surface area contributed by atoms with Gasteiger partial charge in [-0.2, -0.15) is 0 Å². The number of nitro benzene ring substituents is 1. The fourth-order valence-electron chi connectivity index (χ4n) is 1.93. The Balaban J connectivity index is 2.33. The highest BCUT2D eigenvalue weighted by molar-refractivity contribution is 9.10. The van der Waals surface area contributed by atoms with E-state index in [2.05, 4.69) is 21.2 Å². The lowest BCUT2D eigenvalue weighted by Crippen LogP contribution is -2.12. The molecular formula is C15H12BrClN2O5. The number of amides is 1. The van der Waals surface area contributed by atoms with Gasteiger partial charge in [0.05, 0.1) is 19.1 Å². The number of carbonyl (C=O) groups is 1. The molecule has 0 aliphatic rings. The second-order valence-corrected chi connectivity index (χ2v) is 5.77. The van der Waals surface area contributed by atoms with Crippen molar-refractivity contribution < 1.29 is 19.2 Å². The van der Waals surface area contributed by atoms with Gasteiger partial charge in [0.1, 0.15) is 21.0 Å². The van der Waals surface area contributed by atoms with E-state index in [-0.39, 0.29) is 22.0 Å². The van der Waals surface area contributed by atoms with E-state index < -0.39 is 10.8 Å². The summed E-state index contributed by atoms with van der Waals surface area (Å²) in [6.07, 6.45) is 0. The first-order valence-electron chi connectivity index (χ1n) is 6.54. The molecule has 0 aliphatic carbocycles. The number of carbonyl (C=O) groups excluding carboxylic acids is 1. The van der Waals surface area contributed by atoms with Gasteiger partial charge in [-0.1, -0.05) is 11.6 Å². The Morgan fingerprint density at radius 2 is 1.79 bits per heavy atom. The average Bonchev–Trinajstić information content (AvgIpc) is 2.56. The molecule has 0 atom stereocenters. The molecule has 2 aromatic carbocycles. The molecule has 0 radical (unpaired) electrons. The molecule has 0 heterocycles. The molecule has 1 N–H and O–H groups in total. The van der Waals surface area contributed by atoms with E-state index in [9.17, 15) is 14.9 Å². The SMILES string of the molecule is COc1cc(C(=O)Nc2ccc(Cl)c([N+](=O)[O-])c2)cc(OC)c1Br. The van der Waals surface area contributed by atoms with Crippen molar-refractivity contribution in [3.05, 3.63) is 55.5 Å². The molecule has 2 rings (SSSR count). The van der Waals surface area contributed by atoms with Crippen LogP contribution in [0.15, 0.2) is 34.8 Å². The summed E-state index contributed by atoms with van der Waals surface area (Å²) in [4.78, 5) is 22.7. The van der Waals surface area contributed by atoms with Crippen LogP contribution in [-0.2, 0) is 0 Å². The Bertz CT molecular complexity index is 787. The molecule has 0 spiro atoms. The Morgan fingerprint density at radius 3 is 2.29 bits per heavy atom. The van der Waals surface area contributed by atoms with Crippen molar-refractivity contribution in [1.82, 2.24) is 0 Å². The molecule has 2 aromatic rings. The van der Waals surface area contributed by atoms with Crippen molar-refractivity contribution in [2.45, 2.75) is 0 Å². The zero-order chi connectivity index (χ0) is 17.9. The van der Waals surface area contributed by atoms with E-state index in [1.807, 2.05) is 0 Å². The molecule has 1 amide bonds. The Kier molecular flexibility index (Phi) is 5.63. The van der Waals surface area contributed by atoms with Gasteiger partial charge in [-0.15, -0.1) is 0 Å². The molecule has 0 unspecified atom stereocenters. The molecule has 0 fully saturated rings. The van der Waals surface area contributed by atoms with Crippen LogP contribution in [0.2, 0.25) is 5.02 Å². The molecule has 0 aromatic heterocycles. The molecule has 0 bridgehead atoms. The fourth-order valence-corrected chi connectivity index (χ4v) is 2.67. The largest absolute Gasteiger partial charge is 0.495 e. The number of ether oxygens (including phenoxy) is 2. The first-order chi connectivity index (χ1) is 11.4. The predicted octanol–water partition coefficient (Wildman–Crippen LogP) is 4.28. The van der Waals surface area contributed by atoms with Crippen LogP contribution in [0.25, 0.3) is 0 Å². The quantitative estimate of drug-likeness (QED) is 0.581. The number of benzene rings is 2. The van der Waals surface area contributed by atoms with Gasteiger partial charge in [0.25, 0.3) is 11.6 Å². The van der Waals surface area contributed by atoms with E-state index in [0.29, 0.717) is 16.0 Å². The zero-order valence-electron chi connectivity index (χ0n) is 12.6. The maximum absolute atomic E-state index is 12.4. The summed E-state index contributed by atoms with van der Waals surface area (Å²) >= 11 is 9.06. The second kappa shape index (κ2) is 7.50. The van der Waals surface area contributed by atoms with Crippen molar-refractivity contribution >= 4 is 44.8 Å². The average molecular weight is 416 g/mol. The summed E-state index contributed by atoms with van der Waals surface area (Å²) in [6.45, 7) is 0. The first-order valence-corrected chi connectivity index (χ1v) is 7.71. The molecule has 0 saturated heterocycles. The third-order valence-electron chi connectivity index (χ3n) is 3.11. The van der Waals surface area contributed by atoms with E-state index >= 15 is 0 Å². The monoisotopic (exact) mass is 414 g/mol. The number of nitrogens with one attached hydrogen (secondary N) is 1. The molecule has 126 valence electrons. The van der Waals surface area contributed by atoms with Crippen LogP contribution in [0.4, 0.5) is 11.4 Å². The molecule has 9 heteroatoms. The summed E-state index contributed by atoms with van der Waals surface area (Å²) in [7, 11) is 2.92. The minimum absolute atomic E-state index is 0.00928. The number of nitrogens with zero attached hydrogens (tertiary/aromatic N) is 1. The standard InChI is InChI=1S/C15H12BrClN2O5/c1-23-12-5-8(6-13(24-2)14(12)16)15(20)18-9-3-4-10(17)11(7-9)19(21)22/h3-7H,1-2H3,(H,18,20). The molecule has 0 aliphatic heterocycles. The van der Waals surface area contributed by atoms with Gasteiger partial charge in [0, 0.05) is 17.3 Å². The molecular weight excluding hydrogens is 404 g/mol. The lowest BCUT2D eigenvalue weighted by Gasteiger charge is -2.12. The van der Waals surface area contributed by atoms with Gasteiger partial charge in [-0.25, -0.2) is 0 Å². The van der Waals surface area contributed by atoms with Crippen molar-refractivity contribution in [3.8, 4) is 11.5 Å². The zero-order valence-corrected chi connectivity index (χ0v) is 15.0. The summed E-state index contributed by atoms with van der Waals surface area (Å²) in [5, 5.41) is 13.5. The third kappa shape index (κ3) is 3.77. The van der Waals surface area contributed by atoms with Gasteiger partial charge in [-0.05, 0) is 40.2 Å². The van der Waals surface area contributed by atoms with Crippen LogP contribution in [0.5, 0.6) is 11.5 Å². The summed E-state index contributed by atoms with van der Waals surface area (Å²) < 4.78 is 10.9. The normalized spacial score (nSPS) is 10.2. The maximum atomic E-state index is 12.4. The van der Waals surface area contributed by atoms with Crippen LogP contribution in [-0.4, -0.2) is 25.1 Å². The minimum Gasteiger partial charge on any atom is -0.495 e. The number of nitro groups is 1. The highest BCUT2D eigenvalue weighted by Crippen LogP contribution is 2.36. The Labute approximate surface area is 150 Å². The number of halogens is 2. The minimum atomic E-state index is -0.621. The number of hydrogen-bond acceptors (Lipinski definition) is 5. The van der Waals surface area contributed by atoms with Gasteiger partial charge in [0.15, 0.2) is 0 Å². The van der Waals surface area contributed by atoms with Crippen LogP contribution in [0.3, 0.4) is 0 Å². The predicted molar refractivity (Wildman–Crippen MR) is 93.3 cm³/mol. The van der Waals surface area contributed by atoms with Crippen LogP contribution in [0.1, 0.15) is 10.4 Å². The number of methoxy groups -OCH3 is 2. The third-order valence-corrected chi connectivity index (χ3v) is 4.21. The smallest absolute Gasteiger partial charge is 0.289 e. The van der Waals surface area contributed by atoms with Crippen LogP contribution < -0.4 is 14.8 Å². The lowest BCUT2D eigenvalue weighted by molar-refractivity contribution is -0.384. The van der Waals surface area contributed by atoms with Crippen LogP contribution >= 0.6 is 27.5 Å². The van der Waals surface area contributed by atoms with Gasteiger partial charge < -0.3 is 14.8 Å². The lowest BCUT2D eigenvalue weighted by atomic mass is 10.1. The van der Waals surface area contributed by atoms with E-state index in [0.717, 1.165) is 0 Å². The number of hydrogen-bond donors (Lipinski definition) is 1. The van der Waals surface area contributed by atoms with Crippen molar-refractivity contribution in [2.75, 3.05) is 19.5 Å². The number of rotatable bonds is 5. The highest BCUT2D eigenvalue weighted by Gasteiger charge is 2.17. The van der Waals surface area contributed by atoms with Crippen molar-refractivity contribution in [3.63, 3.8) is 0 Å². The van der Waals surface area contributed by atoms with Crippen LogP contribution in [0, 0.1) is 10.1 Å². The van der Waals surface area contributed by atoms with E-state index in [1.165, 1.54) is 44.6 Å². The van der Waals surface area contributed by atoms with Crippen molar-refractivity contribution in [2.24, 2.45) is 0 Å². The van der Waals surface area contributed by atoms with E-state index in [1.54, 1.807) is 0 Å². The number of anilines is 1. The van der Waals surface area contributed by atoms with Crippen molar-refractivity contribution in [1.29, 1.82) is 0 Å². The maximum Gasteiger partial charge on any atom is 0.289 e. The second-order valence-electron chi connectivity index (χ2n) is 4.57. The Hall–Kier alpha value is -2.32. The Morgan fingerprint density at radius 1 is 1.21 bits per heavy atom. The summed E-state index contributed by atoms with van der Waals surface area (Å²) in [6, 6.07) is 7.05. The van der Waals surface area contributed by atoms with Gasteiger partial charge >= 0.3 is 0 Å².